The maximum absolute atomic E-state index is 13.5. The summed E-state index contributed by atoms with van der Waals surface area (Å²) in [6, 6.07) is 12.6. The van der Waals surface area contributed by atoms with Crippen LogP contribution in [0, 0.1) is 17.5 Å². The van der Waals surface area contributed by atoms with Crippen molar-refractivity contribution in [3.63, 3.8) is 0 Å². The summed E-state index contributed by atoms with van der Waals surface area (Å²) >= 11 is 0. The second-order valence-electron chi connectivity index (χ2n) is 7.81. The third-order valence-electron chi connectivity index (χ3n) is 5.50. The van der Waals surface area contributed by atoms with Crippen molar-refractivity contribution in [2.24, 2.45) is 0 Å². The lowest BCUT2D eigenvalue weighted by Crippen LogP contribution is -2.37. The Labute approximate surface area is 198 Å². The van der Waals surface area contributed by atoms with Crippen LogP contribution in [0.4, 0.5) is 29.3 Å². The van der Waals surface area contributed by atoms with Gasteiger partial charge in [0.05, 0.1) is 19.2 Å². The van der Waals surface area contributed by atoms with E-state index in [-0.39, 0.29) is 17.9 Å². The number of carbonyl (C=O) groups is 3. The Morgan fingerprint density at radius 3 is 2.26 bits per heavy atom. The summed E-state index contributed by atoms with van der Waals surface area (Å²) in [5.74, 6) is -3.49. The van der Waals surface area contributed by atoms with Gasteiger partial charge in [-0.15, -0.1) is 0 Å². The predicted molar refractivity (Wildman–Crippen MR) is 121 cm³/mol. The zero-order valence-corrected chi connectivity index (χ0v) is 18.5. The highest BCUT2D eigenvalue weighted by atomic mass is 19.2. The van der Waals surface area contributed by atoms with Crippen molar-refractivity contribution in [3.8, 4) is 5.75 Å². The molecule has 7 nitrogen and oxygen atoms in total. The summed E-state index contributed by atoms with van der Waals surface area (Å²) in [5.41, 5.74) is 0.839. The van der Waals surface area contributed by atoms with Crippen LogP contribution in [0.25, 0.3) is 0 Å². The van der Waals surface area contributed by atoms with E-state index in [2.05, 4.69) is 5.32 Å². The van der Waals surface area contributed by atoms with Gasteiger partial charge in [-0.05, 0) is 54.1 Å². The highest BCUT2D eigenvalue weighted by molar-refractivity contribution is 6.22. The molecule has 0 spiro atoms. The summed E-state index contributed by atoms with van der Waals surface area (Å²) in [4.78, 5) is 41.3. The third kappa shape index (κ3) is 5.11. The largest absolute Gasteiger partial charge is 0.497 e. The second-order valence-corrected chi connectivity index (χ2v) is 7.81. The summed E-state index contributed by atoms with van der Waals surface area (Å²) in [6.45, 7) is 0.00931. The number of carbonyl (C=O) groups excluding carboxylic acids is 3. The lowest BCUT2D eigenvalue weighted by molar-refractivity contribution is -0.124. The minimum absolute atomic E-state index is 0.00256. The van der Waals surface area contributed by atoms with Crippen LogP contribution in [0.5, 0.6) is 5.75 Å². The fraction of sp³-hybridized carbons (Fsp3) is 0.160. The Balaban J connectivity index is 1.59. The summed E-state index contributed by atoms with van der Waals surface area (Å²) in [6.07, 6.45) is -0.433. The number of nitrogens with zero attached hydrogens (tertiary/aromatic N) is 2. The standard InChI is InChI=1S/C25H20F3N3O4/c1-35-19-9-2-15(3-10-19)14-30-22(13-23(32)29-17-6-11-20(27)21(28)12-17)24(33)31(25(30)34)18-7-4-16(26)5-8-18/h2-12,22H,13-14H2,1H3,(H,29,32)/t22-/m1/s1. The molecule has 0 aromatic heterocycles. The fourth-order valence-electron chi connectivity index (χ4n) is 3.73. The first-order valence-electron chi connectivity index (χ1n) is 10.5. The maximum Gasteiger partial charge on any atom is 0.332 e. The zero-order chi connectivity index (χ0) is 25.1. The molecule has 1 N–H and O–H groups in total. The number of amides is 4. The Morgan fingerprint density at radius 2 is 1.63 bits per heavy atom. The SMILES string of the molecule is COc1ccc(CN2C(=O)N(c3ccc(F)cc3)C(=O)[C@H]2CC(=O)Nc2ccc(F)c(F)c2)cc1. The van der Waals surface area contributed by atoms with E-state index in [4.69, 9.17) is 4.74 Å². The molecule has 4 rings (SSSR count). The zero-order valence-electron chi connectivity index (χ0n) is 18.5. The van der Waals surface area contributed by atoms with Crippen molar-refractivity contribution < 1.29 is 32.3 Å². The molecule has 1 atom stereocenters. The van der Waals surface area contributed by atoms with Gasteiger partial charge in [0.1, 0.15) is 17.6 Å². The normalized spacial score (nSPS) is 15.5. The molecule has 0 unspecified atom stereocenters. The number of hydrogen-bond donors (Lipinski definition) is 1. The minimum atomic E-state index is -1.18. The van der Waals surface area contributed by atoms with Gasteiger partial charge < -0.3 is 15.0 Å². The number of hydrogen-bond acceptors (Lipinski definition) is 4. The monoisotopic (exact) mass is 483 g/mol. The quantitative estimate of drug-likeness (QED) is 0.503. The number of benzene rings is 3. The van der Waals surface area contributed by atoms with Crippen LogP contribution in [0.1, 0.15) is 12.0 Å². The van der Waals surface area contributed by atoms with Crippen LogP contribution in [0.3, 0.4) is 0 Å². The van der Waals surface area contributed by atoms with Crippen molar-refractivity contribution >= 4 is 29.2 Å². The summed E-state index contributed by atoms with van der Waals surface area (Å²) < 4.78 is 45.2. The van der Waals surface area contributed by atoms with Crippen LogP contribution >= 0.6 is 0 Å². The van der Waals surface area contributed by atoms with Gasteiger partial charge in [-0.2, -0.15) is 0 Å². The Bertz CT molecular complexity index is 1270. The number of halogens is 3. The van der Waals surface area contributed by atoms with Gasteiger partial charge in [0.25, 0.3) is 5.91 Å². The molecule has 0 aliphatic carbocycles. The smallest absolute Gasteiger partial charge is 0.332 e. The average molecular weight is 483 g/mol. The van der Waals surface area contributed by atoms with E-state index in [9.17, 15) is 27.6 Å². The Kier molecular flexibility index (Phi) is 6.72. The minimum Gasteiger partial charge on any atom is -0.497 e. The van der Waals surface area contributed by atoms with E-state index in [1.165, 1.54) is 30.2 Å². The number of methoxy groups -OCH3 is 1. The molecular weight excluding hydrogens is 463 g/mol. The maximum atomic E-state index is 13.5. The van der Waals surface area contributed by atoms with Gasteiger partial charge >= 0.3 is 6.03 Å². The number of ether oxygens (including phenoxy) is 1. The molecule has 1 heterocycles. The number of imide groups is 1. The highest BCUT2D eigenvalue weighted by Gasteiger charge is 2.46. The molecule has 1 saturated heterocycles. The topological polar surface area (TPSA) is 79.0 Å². The molecule has 1 fully saturated rings. The van der Waals surface area contributed by atoms with Crippen molar-refractivity contribution in [2.45, 2.75) is 19.0 Å². The first-order valence-corrected chi connectivity index (χ1v) is 10.5. The van der Waals surface area contributed by atoms with E-state index in [1.54, 1.807) is 24.3 Å². The average Bonchev–Trinajstić information content (AvgIpc) is 3.06. The molecule has 1 aliphatic heterocycles. The number of rotatable bonds is 7. The molecule has 0 saturated carbocycles. The first kappa shape index (κ1) is 23.8. The molecule has 0 bridgehead atoms. The molecule has 10 heteroatoms. The molecule has 1 aliphatic rings. The molecule has 3 aromatic carbocycles. The molecule has 3 aromatic rings. The van der Waals surface area contributed by atoms with Crippen molar-refractivity contribution in [2.75, 3.05) is 17.3 Å². The Hall–Kier alpha value is -4.34. The molecule has 0 radical (unpaired) electrons. The van der Waals surface area contributed by atoms with E-state index < -0.39 is 47.8 Å². The van der Waals surface area contributed by atoms with Gasteiger partial charge in [0.15, 0.2) is 11.6 Å². The van der Waals surface area contributed by atoms with Crippen molar-refractivity contribution in [1.82, 2.24) is 4.90 Å². The van der Waals surface area contributed by atoms with Crippen LogP contribution < -0.4 is 15.0 Å². The van der Waals surface area contributed by atoms with Crippen LogP contribution in [-0.4, -0.2) is 35.9 Å². The van der Waals surface area contributed by atoms with Crippen LogP contribution in [0.15, 0.2) is 66.7 Å². The van der Waals surface area contributed by atoms with Crippen LogP contribution in [-0.2, 0) is 16.1 Å². The van der Waals surface area contributed by atoms with Gasteiger partial charge in [-0.25, -0.2) is 22.9 Å². The van der Waals surface area contributed by atoms with Gasteiger partial charge in [-0.1, -0.05) is 12.1 Å². The lowest BCUT2D eigenvalue weighted by Gasteiger charge is -2.22. The summed E-state index contributed by atoms with van der Waals surface area (Å²) in [5, 5.41) is 2.41. The lowest BCUT2D eigenvalue weighted by atomic mass is 10.1. The molecular formula is C25H20F3N3O4. The highest BCUT2D eigenvalue weighted by Crippen LogP contribution is 2.29. The van der Waals surface area contributed by atoms with E-state index in [0.717, 1.165) is 29.2 Å². The van der Waals surface area contributed by atoms with Crippen molar-refractivity contribution in [3.05, 3.63) is 89.7 Å². The molecule has 35 heavy (non-hydrogen) atoms. The van der Waals surface area contributed by atoms with E-state index in [1.807, 2.05) is 0 Å². The second kappa shape index (κ2) is 9.88. The van der Waals surface area contributed by atoms with Crippen LogP contribution in [0.2, 0.25) is 0 Å². The number of anilines is 2. The van der Waals surface area contributed by atoms with Gasteiger partial charge in [0.2, 0.25) is 5.91 Å². The summed E-state index contributed by atoms with van der Waals surface area (Å²) in [7, 11) is 1.51. The first-order chi connectivity index (χ1) is 16.8. The number of urea groups is 1. The van der Waals surface area contributed by atoms with E-state index >= 15 is 0 Å². The fourth-order valence-corrected chi connectivity index (χ4v) is 3.73. The molecule has 180 valence electrons. The Morgan fingerprint density at radius 1 is 0.943 bits per heavy atom. The third-order valence-corrected chi connectivity index (χ3v) is 5.50. The van der Waals surface area contributed by atoms with E-state index in [0.29, 0.717) is 11.3 Å². The van der Waals surface area contributed by atoms with Gasteiger partial charge in [-0.3, -0.25) is 9.59 Å². The van der Waals surface area contributed by atoms with Gasteiger partial charge in [0, 0.05) is 18.3 Å². The van der Waals surface area contributed by atoms with Crippen molar-refractivity contribution in [1.29, 1.82) is 0 Å². The molecule has 4 amide bonds. The number of nitrogens with one attached hydrogen (secondary N) is 1. The predicted octanol–water partition coefficient (Wildman–Crippen LogP) is 4.48.